The Morgan fingerprint density at radius 3 is 2.65 bits per heavy atom. The summed E-state index contributed by atoms with van der Waals surface area (Å²) in [6, 6.07) is 11.0. The smallest absolute Gasteiger partial charge is 0.244 e. The lowest BCUT2D eigenvalue weighted by Crippen LogP contribution is -2.41. The summed E-state index contributed by atoms with van der Waals surface area (Å²) in [5.74, 6) is -0.225. The number of amides is 1. The fraction of sp³-hybridized carbons (Fsp3) is 0.368. The molecular weight excluding hydrogens is 350 g/mol. The summed E-state index contributed by atoms with van der Waals surface area (Å²) in [6.45, 7) is 2.74. The Morgan fingerprint density at radius 2 is 2.00 bits per heavy atom. The van der Waals surface area contributed by atoms with E-state index in [1.165, 1.54) is 16.1 Å². The number of rotatable bonds is 5. The molecule has 1 aliphatic rings. The third kappa shape index (κ3) is 4.11. The van der Waals surface area contributed by atoms with Crippen molar-refractivity contribution in [2.75, 3.05) is 18.4 Å². The molecule has 0 atom stereocenters. The number of sulfonamides is 1. The molecule has 0 radical (unpaired) electrons. The molecule has 1 aromatic carbocycles. The van der Waals surface area contributed by atoms with E-state index in [2.05, 4.69) is 17.2 Å². The highest BCUT2D eigenvalue weighted by Crippen LogP contribution is 2.24. The maximum atomic E-state index is 12.6. The van der Waals surface area contributed by atoms with Gasteiger partial charge < -0.3 is 5.32 Å². The maximum Gasteiger partial charge on any atom is 0.244 e. The van der Waals surface area contributed by atoms with E-state index in [1.807, 2.05) is 24.3 Å². The molecule has 0 unspecified atom stereocenters. The van der Waals surface area contributed by atoms with Crippen molar-refractivity contribution in [3.63, 3.8) is 0 Å². The van der Waals surface area contributed by atoms with Gasteiger partial charge in [-0.1, -0.05) is 19.1 Å². The summed E-state index contributed by atoms with van der Waals surface area (Å²) >= 11 is 0. The quantitative estimate of drug-likeness (QED) is 0.874. The van der Waals surface area contributed by atoms with E-state index in [0.717, 1.165) is 12.1 Å². The number of carbonyl (C=O) groups excluding carboxylic acids is 1. The van der Waals surface area contributed by atoms with Crippen LogP contribution in [0, 0.1) is 5.92 Å². The SMILES string of the molecule is CCc1cccc(NC(=O)C2CCN(S(=O)(=O)c3cccnc3)CC2)c1. The molecule has 6 nitrogen and oxygen atoms in total. The van der Waals surface area contributed by atoms with Crippen LogP contribution in [0.1, 0.15) is 25.3 Å². The van der Waals surface area contributed by atoms with Gasteiger partial charge in [0.1, 0.15) is 4.90 Å². The maximum absolute atomic E-state index is 12.6. The molecule has 138 valence electrons. The highest BCUT2D eigenvalue weighted by Gasteiger charge is 2.32. The molecule has 2 heterocycles. The summed E-state index contributed by atoms with van der Waals surface area (Å²) in [6.07, 6.45) is 4.84. The number of nitrogens with one attached hydrogen (secondary N) is 1. The van der Waals surface area contributed by atoms with Gasteiger partial charge in [-0.3, -0.25) is 9.78 Å². The Bertz CT molecular complexity index is 861. The highest BCUT2D eigenvalue weighted by atomic mass is 32.2. The molecular formula is C19H23N3O3S. The zero-order valence-electron chi connectivity index (χ0n) is 14.8. The molecule has 0 bridgehead atoms. The average Bonchev–Trinajstić information content (AvgIpc) is 2.69. The Kier molecular flexibility index (Phi) is 5.68. The third-order valence-corrected chi connectivity index (χ3v) is 6.58. The molecule has 2 aromatic rings. The number of piperidine rings is 1. The van der Waals surface area contributed by atoms with E-state index < -0.39 is 10.0 Å². The van der Waals surface area contributed by atoms with Crippen molar-refractivity contribution in [1.82, 2.24) is 9.29 Å². The van der Waals surface area contributed by atoms with Crippen LogP contribution in [0.15, 0.2) is 53.7 Å². The topological polar surface area (TPSA) is 79.4 Å². The number of carbonyl (C=O) groups is 1. The van der Waals surface area contributed by atoms with Crippen LogP contribution in [0.5, 0.6) is 0 Å². The van der Waals surface area contributed by atoms with E-state index >= 15 is 0 Å². The molecule has 0 saturated carbocycles. The highest BCUT2D eigenvalue weighted by molar-refractivity contribution is 7.89. The van der Waals surface area contributed by atoms with Gasteiger partial charge in [0.2, 0.25) is 15.9 Å². The molecule has 1 aromatic heterocycles. The minimum absolute atomic E-state index is 0.0447. The van der Waals surface area contributed by atoms with E-state index in [9.17, 15) is 13.2 Å². The minimum Gasteiger partial charge on any atom is -0.326 e. The largest absolute Gasteiger partial charge is 0.326 e. The minimum atomic E-state index is -3.54. The van der Waals surface area contributed by atoms with Gasteiger partial charge >= 0.3 is 0 Å². The molecule has 3 rings (SSSR count). The average molecular weight is 373 g/mol. The fourth-order valence-corrected chi connectivity index (χ4v) is 4.55. The first-order chi connectivity index (χ1) is 12.5. The second kappa shape index (κ2) is 7.97. The second-order valence-corrected chi connectivity index (χ2v) is 8.35. The van der Waals surface area contributed by atoms with E-state index in [0.29, 0.717) is 25.9 Å². The second-order valence-electron chi connectivity index (χ2n) is 6.41. The number of benzene rings is 1. The van der Waals surface area contributed by atoms with Gasteiger partial charge in [-0.25, -0.2) is 8.42 Å². The Morgan fingerprint density at radius 1 is 1.23 bits per heavy atom. The predicted molar refractivity (Wildman–Crippen MR) is 100 cm³/mol. The molecule has 26 heavy (non-hydrogen) atoms. The summed E-state index contributed by atoms with van der Waals surface area (Å²) in [5, 5.41) is 2.95. The van der Waals surface area contributed by atoms with Gasteiger partial charge in [-0.05, 0) is 49.1 Å². The van der Waals surface area contributed by atoms with Crippen molar-refractivity contribution < 1.29 is 13.2 Å². The predicted octanol–water partition coefficient (Wildman–Crippen LogP) is 2.68. The standard InChI is InChI=1S/C19H23N3O3S/c1-2-15-5-3-6-17(13-15)21-19(23)16-8-11-22(12-9-16)26(24,25)18-7-4-10-20-14-18/h3-7,10,13-14,16H,2,8-9,11-12H2,1H3,(H,21,23). The normalized spacial score (nSPS) is 16.3. The van der Waals surface area contributed by atoms with Crippen molar-refractivity contribution in [3.05, 3.63) is 54.4 Å². The van der Waals surface area contributed by atoms with Crippen molar-refractivity contribution in [2.24, 2.45) is 5.92 Å². The van der Waals surface area contributed by atoms with Crippen LogP contribution >= 0.6 is 0 Å². The Hall–Kier alpha value is -2.25. The van der Waals surface area contributed by atoms with Gasteiger partial charge in [-0.2, -0.15) is 4.31 Å². The Labute approximate surface area is 154 Å². The number of pyridine rings is 1. The zero-order chi connectivity index (χ0) is 18.6. The molecule has 1 amide bonds. The molecule has 1 aliphatic heterocycles. The van der Waals surface area contributed by atoms with Crippen molar-refractivity contribution >= 4 is 21.6 Å². The molecule has 1 saturated heterocycles. The molecule has 1 N–H and O–H groups in total. The number of aromatic nitrogens is 1. The lowest BCUT2D eigenvalue weighted by Gasteiger charge is -2.30. The van der Waals surface area contributed by atoms with Crippen molar-refractivity contribution in [2.45, 2.75) is 31.1 Å². The molecule has 0 spiro atoms. The van der Waals surface area contributed by atoms with E-state index in [1.54, 1.807) is 18.3 Å². The van der Waals surface area contributed by atoms with Gasteiger partial charge in [0, 0.05) is 37.1 Å². The van der Waals surface area contributed by atoms with E-state index in [-0.39, 0.29) is 16.7 Å². The lowest BCUT2D eigenvalue weighted by atomic mass is 9.97. The van der Waals surface area contributed by atoms with Crippen LogP contribution in [-0.2, 0) is 21.2 Å². The van der Waals surface area contributed by atoms with Crippen LogP contribution in [0.3, 0.4) is 0 Å². The van der Waals surface area contributed by atoms with Gasteiger partial charge in [0.05, 0.1) is 0 Å². The lowest BCUT2D eigenvalue weighted by molar-refractivity contribution is -0.120. The van der Waals surface area contributed by atoms with E-state index in [4.69, 9.17) is 0 Å². The first kappa shape index (κ1) is 18.5. The van der Waals surface area contributed by atoms with Crippen LogP contribution < -0.4 is 5.32 Å². The van der Waals surface area contributed by atoms with Crippen molar-refractivity contribution in [3.8, 4) is 0 Å². The number of anilines is 1. The monoisotopic (exact) mass is 373 g/mol. The van der Waals surface area contributed by atoms with Gasteiger partial charge in [0.25, 0.3) is 0 Å². The summed E-state index contributed by atoms with van der Waals surface area (Å²) in [7, 11) is -3.54. The fourth-order valence-electron chi connectivity index (χ4n) is 3.12. The zero-order valence-corrected chi connectivity index (χ0v) is 15.6. The molecule has 0 aliphatic carbocycles. The van der Waals surface area contributed by atoms with Gasteiger partial charge in [-0.15, -0.1) is 0 Å². The number of hydrogen-bond acceptors (Lipinski definition) is 4. The number of hydrogen-bond donors (Lipinski definition) is 1. The van der Waals surface area contributed by atoms with Crippen LogP contribution in [0.25, 0.3) is 0 Å². The van der Waals surface area contributed by atoms with Crippen LogP contribution in [0.4, 0.5) is 5.69 Å². The van der Waals surface area contributed by atoms with Crippen molar-refractivity contribution in [1.29, 1.82) is 0 Å². The van der Waals surface area contributed by atoms with Crippen LogP contribution in [-0.4, -0.2) is 36.7 Å². The summed E-state index contributed by atoms with van der Waals surface area (Å²) in [4.78, 5) is 16.6. The van der Waals surface area contributed by atoms with Gasteiger partial charge in [0.15, 0.2) is 0 Å². The Balaban J connectivity index is 1.60. The summed E-state index contributed by atoms with van der Waals surface area (Å²) < 4.78 is 26.7. The first-order valence-corrected chi connectivity index (χ1v) is 10.2. The van der Waals surface area contributed by atoms with Crippen LogP contribution in [0.2, 0.25) is 0 Å². The third-order valence-electron chi connectivity index (χ3n) is 4.70. The molecule has 7 heteroatoms. The molecule has 1 fully saturated rings. The summed E-state index contributed by atoms with van der Waals surface area (Å²) in [5.41, 5.74) is 1.96. The number of nitrogens with zero attached hydrogens (tertiary/aromatic N) is 2. The first-order valence-electron chi connectivity index (χ1n) is 8.80. The number of aryl methyl sites for hydroxylation is 1.